The highest BCUT2D eigenvalue weighted by Crippen LogP contribution is 2.31. The Morgan fingerprint density at radius 1 is 0.964 bits per heavy atom. The van der Waals surface area contributed by atoms with Crippen molar-refractivity contribution < 1.29 is 9.59 Å². The highest BCUT2D eigenvalue weighted by atomic mass is 32.2. The second-order valence-corrected chi connectivity index (χ2v) is 8.44. The zero-order valence-electron chi connectivity index (χ0n) is 15.3. The van der Waals surface area contributed by atoms with Crippen LogP contribution in [0.15, 0.2) is 58.9 Å². The van der Waals surface area contributed by atoms with Crippen molar-refractivity contribution in [3.63, 3.8) is 0 Å². The van der Waals surface area contributed by atoms with Crippen LogP contribution in [-0.4, -0.2) is 27.3 Å². The Hall–Kier alpha value is -2.91. The van der Waals surface area contributed by atoms with E-state index in [-0.39, 0.29) is 17.1 Å². The van der Waals surface area contributed by atoms with Gasteiger partial charge in [-0.25, -0.2) is 0 Å². The van der Waals surface area contributed by atoms with E-state index in [0.717, 1.165) is 11.4 Å². The standard InChI is InChI=1S/C19H19N5O2S2/c1-12(17(26)21-14-7-4-3-5-8-14)27-19-24-23-18(28-19)22-16-10-6-9-15(11-16)20-13(2)25/h3-12H,1-2H3,(H,20,25)(H,21,26)(H,22,23)/t12-/m1/s1. The molecule has 0 fully saturated rings. The maximum absolute atomic E-state index is 12.3. The number of amides is 2. The van der Waals surface area contributed by atoms with Gasteiger partial charge in [-0.2, -0.15) is 0 Å². The summed E-state index contributed by atoms with van der Waals surface area (Å²) in [5, 5.41) is 17.3. The Morgan fingerprint density at radius 2 is 1.68 bits per heavy atom. The number of nitrogens with one attached hydrogen (secondary N) is 3. The van der Waals surface area contributed by atoms with Crippen molar-refractivity contribution in [2.45, 2.75) is 23.4 Å². The third-order valence-electron chi connectivity index (χ3n) is 3.53. The summed E-state index contributed by atoms with van der Waals surface area (Å²) in [6, 6.07) is 16.7. The maximum atomic E-state index is 12.3. The van der Waals surface area contributed by atoms with Gasteiger partial charge in [-0.1, -0.05) is 47.4 Å². The molecular formula is C19H19N5O2S2. The summed E-state index contributed by atoms with van der Waals surface area (Å²) in [5.74, 6) is -0.224. The van der Waals surface area contributed by atoms with E-state index in [0.29, 0.717) is 15.2 Å². The van der Waals surface area contributed by atoms with E-state index < -0.39 is 0 Å². The molecular weight excluding hydrogens is 394 g/mol. The summed E-state index contributed by atoms with van der Waals surface area (Å²) in [5.41, 5.74) is 2.25. The summed E-state index contributed by atoms with van der Waals surface area (Å²) in [7, 11) is 0. The molecule has 28 heavy (non-hydrogen) atoms. The van der Waals surface area contributed by atoms with E-state index in [9.17, 15) is 9.59 Å². The zero-order valence-corrected chi connectivity index (χ0v) is 16.9. The molecule has 0 aliphatic heterocycles. The first-order chi connectivity index (χ1) is 13.5. The molecule has 2 amide bonds. The van der Waals surface area contributed by atoms with E-state index >= 15 is 0 Å². The number of carbonyl (C=O) groups excluding carboxylic acids is 2. The number of thioether (sulfide) groups is 1. The summed E-state index contributed by atoms with van der Waals surface area (Å²) in [4.78, 5) is 23.5. The van der Waals surface area contributed by atoms with E-state index in [2.05, 4.69) is 26.1 Å². The van der Waals surface area contributed by atoms with Crippen LogP contribution in [0.5, 0.6) is 0 Å². The smallest absolute Gasteiger partial charge is 0.237 e. The first-order valence-corrected chi connectivity index (χ1v) is 10.2. The molecule has 0 aliphatic carbocycles. The zero-order chi connectivity index (χ0) is 19.9. The Bertz CT molecular complexity index is 962. The average molecular weight is 414 g/mol. The molecule has 2 aromatic carbocycles. The van der Waals surface area contributed by atoms with Crippen LogP contribution in [0.1, 0.15) is 13.8 Å². The Labute approximate surface area is 171 Å². The fourth-order valence-corrected chi connectivity index (χ4v) is 4.20. The number of carbonyl (C=O) groups is 2. The third kappa shape index (κ3) is 5.80. The highest BCUT2D eigenvalue weighted by molar-refractivity contribution is 8.02. The van der Waals surface area contributed by atoms with Crippen LogP contribution in [0.2, 0.25) is 0 Å². The molecule has 3 rings (SSSR count). The van der Waals surface area contributed by atoms with Crippen molar-refractivity contribution in [1.82, 2.24) is 10.2 Å². The highest BCUT2D eigenvalue weighted by Gasteiger charge is 2.17. The molecule has 7 nitrogen and oxygen atoms in total. The van der Waals surface area contributed by atoms with Crippen LogP contribution in [0.25, 0.3) is 0 Å². The Balaban J connectivity index is 1.58. The lowest BCUT2D eigenvalue weighted by atomic mass is 10.3. The number of benzene rings is 2. The van der Waals surface area contributed by atoms with Gasteiger partial charge in [0.15, 0.2) is 4.34 Å². The molecule has 0 spiro atoms. The van der Waals surface area contributed by atoms with Crippen molar-refractivity contribution in [2.24, 2.45) is 0 Å². The number of hydrogen-bond acceptors (Lipinski definition) is 7. The average Bonchev–Trinajstić information content (AvgIpc) is 3.09. The third-order valence-corrected chi connectivity index (χ3v) is 5.55. The molecule has 0 aliphatic rings. The SMILES string of the molecule is CC(=O)Nc1cccc(Nc2nnc(S[C@H](C)C(=O)Nc3ccccc3)s2)c1. The topological polar surface area (TPSA) is 96.0 Å². The monoisotopic (exact) mass is 413 g/mol. The molecule has 1 atom stereocenters. The van der Waals surface area contributed by atoms with Gasteiger partial charge in [0.1, 0.15) is 0 Å². The number of para-hydroxylation sites is 1. The fraction of sp³-hybridized carbons (Fsp3) is 0.158. The molecule has 1 heterocycles. The van der Waals surface area contributed by atoms with Crippen molar-refractivity contribution >= 4 is 57.1 Å². The van der Waals surface area contributed by atoms with Gasteiger partial charge < -0.3 is 16.0 Å². The van der Waals surface area contributed by atoms with Gasteiger partial charge >= 0.3 is 0 Å². The van der Waals surface area contributed by atoms with Crippen molar-refractivity contribution in [3.05, 3.63) is 54.6 Å². The minimum Gasteiger partial charge on any atom is -0.330 e. The second kappa shape index (κ2) is 9.34. The number of anilines is 4. The number of rotatable bonds is 7. The van der Waals surface area contributed by atoms with Gasteiger partial charge in [-0.05, 0) is 37.3 Å². The number of nitrogens with zero attached hydrogens (tertiary/aromatic N) is 2. The Morgan fingerprint density at radius 3 is 2.43 bits per heavy atom. The predicted octanol–water partition coefficient (Wildman–Crippen LogP) is 4.36. The van der Waals surface area contributed by atoms with Crippen LogP contribution in [0, 0.1) is 0 Å². The van der Waals surface area contributed by atoms with Crippen LogP contribution in [-0.2, 0) is 9.59 Å². The summed E-state index contributed by atoms with van der Waals surface area (Å²) >= 11 is 2.71. The quantitative estimate of drug-likeness (QED) is 0.498. The van der Waals surface area contributed by atoms with Crippen LogP contribution in [0.3, 0.4) is 0 Å². The molecule has 3 aromatic rings. The molecule has 0 saturated heterocycles. The maximum Gasteiger partial charge on any atom is 0.237 e. The summed E-state index contributed by atoms with van der Waals surface area (Å²) in [6.45, 7) is 3.29. The normalized spacial score (nSPS) is 11.5. The van der Waals surface area contributed by atoms with Gasteiger partial charge in [0.25, 0.3) is 0 Å². The molecule has 3 N–H and O–H groups in total. The lowest BCUT2D eigenvalue weighted by Gasteiger charge is -2.09. The van der Waals surface area contributed by atoms with Gasteiger partial charge in [-0.15, -0.1) is 10.2 Å². The molecule has 0 unspecified atom stereocenters. The molecule has 0 radical (unpaired) electrons. The van der Waals surface area contributed by atoms with E-state index in [4.69, 9.17) is 0 Å². The van der Waals surface area contributed by atoms with Gasteiger partial charge in [0.2, 0.25) is 16.9 Å². The molecule has 0 saturated carbocycles. The molecule has 9 heteroatoms. The lowest BCUT2D eigenvalue weighted by molar-refractivity contribution is -0.115. The summed E-state index contributed by atoms with van der Waals surface area (Å²) in [6.07, 6.45) is 0. The number of hydrogen-bond donors (Lipinski definition) is 3. The first kappa shape index (κ1) is 19.8. The van der Waals surface area contributed by atoms with E-state index in [1.807, 2.05) is 55.5 Å². The van der Waals surface area contributed by atoms with Crippen molar-refractivity contribution in [2.75, 3.05) is 16.0 Å². The van der Waals surface area contributed by atoms with E-state index in [1.54, 1.807) is 6.07 Å². The molecule has 0 bridgehead atoms. The Kier molecular flexibility index (Phi) is 6.62. The predicted molar refractivity (Wildman–Crippen MR) is 114 cm³/mol. The largest absolute Gasteiger partial charge is 0.330 e. The van der Waals surface area contributed by atoms with Gasteiger partial charge in [-0.3, -0.25) is 9.59 Å². The van der Waals surface area contributed by atoms with E-state index in [1.165, 1.54) is 30.0 Å². The minimum atomic E-state index is -0.316. The fourth-order valence-electron chi connectivity index (χ4n) is 2.28. The molecule has 144 valence electrons. The van der Waals surface area contributed by atoms with Crippen molar-refractivity contribution in [3.8, 4) is 0 Å². The number of aromatic nitrogens is 2. The first-order valence-electron chi connectivity index (χ1n) is 8.50. The summed E-state index contributed by atoms with van der Waals surface area (Å²) < 4.78 is 0.691. The molecule has 1 aromatic heterocycles. The van der Waals surface area contributed by atoms with Crippen LogP contribution >= 0.6 is 23.1 Å². The van der Waals surface area contributed by atoms with Gasteiger partial charge in [0.05, 0.1) is 5.25 Å². The van der Waals surface area contributed by atoms with Crippen LogP contribution < -0.4 is 16.0 Å². The van der Waals surface area contributed by atoms with Crippen LogP contribution in [0.4, 0.5) is 22.2 Å². The second-order valence-electron chi connectivity index (χ2n) is 5.88. The lowest BCUT2D eigenvalue weighted by Crippen LogP contribution is -2.22. The van der Waals surface area contributed by atoms with Crippen molar-refractivity contribution in [1.29, 1.82) is 0 Å². The minimum absolute atomic E-state index is 0.0936. The van der Waals surface area contributed by atoms with Gasteiger partial charge in [0, 0.05) is 24.0 Å².